The van der Waals surface area contributed by atoms with Crippen molar-refractivity contribution in [3.63, 3.8) is 0 Å². The van der Waals surface area contributed by atoms with E-state index in [1.807, 2.05) is 0 Å². The van der Waals surface area contributed by atoms with Crippen molar-refractivity contribution < 1.29 is 72.4 Å². The van der Waals surface area contributed by atoms with Gasteiger partial charge in [-0.25, -0.2) is 0 Å². The van der Waals surface area contributed by atoms with Gasteiger partial charge in [0.05, 0.1) is 0 Å². The van der Waals surface area contributed by atoms with Crippen LogP contribution in [0.1, 0.15) is 34.6 Å². The average Bonchev–Trinajstić information content (AvgIpc) is 2.62. The molecule has 0 aromatic carbocycles. The van der Waals surface area contributed by atoms with Crippen molar-refractivity contribution >= 4 is 28.2 Å². The van der Waals surface area contributed by atoms with Gasteiger partial charge >= 0.3 is 31.3 Å². The van der Waals surface area contributed by atoms with E-state index in [9.17, 15) is 26.3 Å². The first-order chi connectivity index (χ1) is 12.8. The normalized spacial score (nSPS) is 17.6. The fraction of sp³-hybridized carbons (Fsp3) is 0.667. The van der Waals surface area contributed by atoms with Crippen LogP contribution in [-0.2, 0) is 40.3 Å². The van der Waals surface area contributed by atoms with Gasteiger partial charge in [0.25, 0.3) is 0 Å². The zero-order chi connectivity index (χ0) is 25.5. The Kier molecular flexibility index (Phi) is 18.3. The van der Waals surface area contributed by atoms with E-state index in [1.165, 1.54) is 29.6 Å². The maximum Gasteiger partial charge on any atom is 0.522 e. The first kappa shape index (κ1) is 38.7. The van der Waals surface area contributed by atoms with Crippen LogP contribution in [0.25, 0.3) is 0 Å². The third-order valence-corrected chi connectivity index (χ3v) is 4.57. The maximum absolute atomic E-state index is 10.7. The SMILES string of the molecule is CP(C)C.C[C]1[C](C)[C](C)[C](C)[C]1C.O=S(=O)(O)C(F)(F)F.O=S(=O)(O)C(F)(F)F.[Ir]. The van der Waals surface area contributed by atoms with Crippen LogP contribution in [0, 0.1) is 29.6 Å². The van der Waals surface area contributed by atoms with Crippen LogP contribution in [0.5, 0.6) is 0 Å². The van der Waals surface area contributed by atoms with E-state index in [4.69, 9.17) is 25.9 Å². The molecule has 0 heterocycles. The Bertz CT molecular complexity index is 608. The van der Waals surface area contributed by atoms with Crippen molar-refractivity contribution in [3.05, 3.63) is 29.6 Å². The molecule has 6 nitrogen and oxygen atoms in total. The van der Waals surface area contributed by atoms with Gasteiger partial charge in [-0.15, -0.1) is 7.92 Å². The van der Waals surface area contributed by atoms with Crippen LogP contribution >= 0.6 is 7.92 Å². The summed E-state index contributed by atoms with van der Waals surface area (Å²) in [7, 11) is -11.3. The van der Waals surface area contributed by atoms with Crippen molar-refractivity contribution in [1.82, 2.24) is 0 Å². The van der Waals surface area contributed by atoms with Crippen LogP contribution in [0.3, 0.4) is 0 Å². The number of halogens is 6. The minimum Gasteiger partial charge on any atom is -0.279 e. The molecule has 0 unspecified atom stereocenters. The Balaban J connectivity index is -0.000000161. The summed E-state index contributed by atoms with van der Waals surface area (Å²) in [6.45, 7) is 17.7. The predicted molar refractivity (Wildman–Crippen MR) is 104 cm³/mol. The molecule has 0 amide bonds. The molecule has 6 radical (unpaired) electrons. The molecule has 1 aliphatic carbocycles. The molecule has 0 aromatic rings. The van der Waals surface area contributed by atoms with Crippen molar-refractivity contribution in [2.24, 2.45) is 0 Å². The zero-order valence-electron chi connectivity index (χ0n) is 17.9. The third kappa shape index (κ3) is 16.7. The van der Waals surface area contributed by atoms with Gasteiger partial charge in [0.15, 0.2) is 0 Å². The molecule has 0 aromatic heterocycles. The fourth-order valence-electron chi connectivity index (χ4n) is 1.41. The van der Waals surface area contributed by atoms with E-state index in [1.54, 1.807) is 0 Å². The summed E-state index contributed by atoms with van der Waals surface area (Å²) in [6, 6.07) is 0. The molecule has 0 saturated heterocycles. The summed E-state index contributed by atoms with van der Waals surface area (Å²) >= 11 is 0. The van der Waals surface area contributed by atoms with Crippen molar-refractivity contribution in [1.29, 1.82) is 0 Å². The average molecular weight is 704 g/mol. The summed E-state index contributed by atoms with van der Waals surface area (Å²) in [5.41, 5.74) is -11.1. The topological polar surface area (TPSA) is 109 Å². The van der Waals surface area contributed by atoms with E-state index in [2.05, 4.69) is 54.6 Å². The summed E-state index contributed by atoms with van der Waals surface area (Å²) in [6.07, 6.45) is 0. The Labute approximate surface area is 195 Å². The van der Waals surface area contributed by atoms with Gasteiger partial charge in [0, 0.05) is 20.1 Å². The molecule has 16 heteroatoms. The summed E-state index contributed by atoms with van der Waals surface area (Å²) in [5, 5.41) is 0. The molecule has 0 bridgehead atoms. The van der Waals surface area contributed by atoms with Crippen molar-refractivity contribution in [3.8, 4) is 0 Å². The van der Waals surface area contributed by atoms with Crippen molar-refractivity contribution in [2.45, 2.75) is 45.6 Å². The monoisotopic (exact) mass is 704 g/mol. The van der Waals surface area contributed by atoms with Crippen molar-refractivity contribution in [2.75, 3.05) is 20.0 Å². The minimum atomic E-state index is -5.84. The number of rotatable bonds is 0. The van der Waals surface area contributed by atoms with Gasteiger partial charge in [0.1, 0.15) is 0 Å². The second kappa shape index (κ2) is 14.7. The smallest absolute Gasteiger partial charge is 0.279 e. The van der Waals surface area contributed by atoms with Gasteiger partial charge < -0.3 is 0 Å². The van der Waals surface area contributed by atoms with Gasteiger partial charge in [-0.3, -0.25) is 9.11 Å². The number of hydrogen-bond acceptors (Lipinski definition) is 4. The molecule has 2 N–H and O–H groups in total. The quantitative estimate of drug-likeness (QED) is 0.157. The molecule has 0 spiro atoms. The van der Waals surface area contributed by atoms with E-state index in [-0.39, 0.29) is 20.1 Å². The fourth-order valence-corrected chi connectivity index (χ4v) is 1.41. The van der Waals surface area contributed by atoms with Gasteiger partial charge in [-0.1, -0.05) is 34.6 Å². The largest absolute Gasteiger partial charge is 0.522 e. The molecule has 1 saturated carbocycles. The maximum atomic E-state index is 10.7. The summed E-state index contributed by atoms with van der Waals surface area (Å²) < 4.78 is 115. The third-order valence-electron chi connectivity index (χ3n) is 3.40. The summed E-state index contributed by atoms with van der Waals surface area (Å²) in [5.74, 6) is 7.34. The number of alkyl halides is 6. The number of hydrogen-bond donors (Lipinski definition) is 2. The zero-order valence-corrected chi connectivity index (χ0v) is 22.8. The van der Waals surface area contributed by atoms with Crippen LogP contribution in [0.15, 0.2) is 0 Å². The Hall–Kier alpha value is 0.479. The first-order valence-electron chi connectivity index (χ1n) is 7.67. The Morgan fingerprint density at radius 3 is 0.677 bits per heavy atom. The van der Waals surface area contributed by atoms with E-state index in [0.717, 1.165) is 0 Å². The molecule has 1 fully saturated rings. The predicted octanol–water partition coefficient (Wildman–Crippen LogP) is 5.12. The Morgan fingerprint density at radius 1 is 0.581 bits per heavy atom. The van der Waals surface area contributed by atoms with Gasteiger partial charge in [-0.2, -0.15) is 43.2 Å². The standard InChI is InChI=1S/C10H15.C3H9P.2CHF3O3S.Ir/c1-6-7(2)9(4)10(5)8(6)3;1-4(2)3;2*2-1(3,4)8(5,6)7;/h1-5H3;1-3H3;2*(H,5,6,7);. The molecule has 1 rings (SSSR count). The van der Waals surface area contributed by atoms with E-state index < -0.39 is 31.3 Å². The van der Waals surface area contributed by atoms with Gasteiger partial charge in [-0.05, 0) is 49.6 Å². The van der Waals surface area contributed by atoms with Crippen LogP contribution in [0.4, 0.5) is 26.3 Å². The second-order valence-corrected chi connectivity index (χ2v) is 11.8. The molecular weight excluding hydrogens is 677 g/mol. The first-order valence-corrected chi connectivity index (χ1v) is 13.2. The van der Waals surface area contributed by atoms with E-state index in [0.29, 0.717) is 7.92 Å². The summed E-state index contributed by atoms with van der Waals surface area (Å²) in [4.78, 5) is 0. The van der Waals surface area contributed by atoms with Crippen LogP contribution in [-0.4, -0.2) is 57.0 Å². The molecule has 0 aliphatic heterocycles. The Morgan fingerprint density at radius 2 is 0.645 bits per heavy atom. The minimum absolute atomic E-state index is 0. The molecule has 1 aliphatic rings. The van der Waals surface area contributed by atoms with Gasteiger partial charge in [0.2, 0.25) is 0 Å². The van der Waals surface area contributed by atoms with Crippen LogP contribution in [0.2, 0.25) is 0 Å². The molecule has 31 heavy (non-hydrogen) atoms. The molecule has 0 atom stereocenters. The molecule has 190 valence electrons. The van der Waals surface area contributed by atoms with Crippen LogP contribution < -0.4 is 0 Å². The molecular formula is C15H26F6IrO6PS2. The van der Waals surface area contributed by atoms with E-state index >= 15 is 0 Å². The second-order valence-electron chi connectivity index (χ2n) is 6.31.